The molecule has 0 aliphatic rings. The topological polar surface area (TPSA) is 58.2 Å². The van der Waals surface area contributed by atoms with Gasteiger partial charge in [-0.1, -0.05) is 29.8 Å². The van der Waals surface area contributed by atoms with Crippen molar-refractivity contribution >= 4 is 17.5 Å². The maximum Gasteiger partial charge on any atom is 0.251 e. The van der Waals surface area contributed by atoms with Crippen molar-refractivity contribution in [3.8, 4) is 0 Å². The van der Waals surface area contributed by atoms with Crippen LogP contribution in [0.25, 0.3) is 0 Å². The Morgan fingerprint density at radius 3 is 2.17 bits per heavy atom. The summed E-state index contributed by atoms with van der Waals surface area (Å²) in [5.74, 6) is -0.465. The second-order valence-electron chi connectivity index (χ2n) is 6.25. The molecule has 0 fully saturated rings. The summed E-state index contributed by atoms with van der Waals surface area (Å²) in [7, 11) is 0. The van der Waals surface area contributed by atoms with Gasteiger partial charge in [-0.25, -0.2) is 0 Å². The minimum absolute atomic E-state index is 0.0566. The van der Waals surface area contributed by atoms with Crippen LogP contribution in [-0.2, 0) is 4.79 Å². The number of rotatable bonds is 4. The summed E-state index contributed by atoms with van der Waals surface area (Å²) in [5.41, 5.74) is 6.59. The molecule has 0 saturated heterocycles. The fraction of sp³-hybridized carbons (Fsp3) is 0.300. The zero-order valence-electron chi connectivity index (χ0n) is 14.9. The Balaban J connectivity index is 2.01. The molecule has 0 aliphatic carbocycles. The van der Waals surface area contributed by atoms with E-state index in [1.807, 2.05) is 58.9 Å². The van der Waals surface area contributed by atoms with E-state index in [1.54, 1.807) is 6.07 Å². The van der Waals surface area contributed by atoms with E-state index in [9.17, 15) is 9.59 Å². The number of anilines is 1. The second-order valence-corrected chi connectivity index (χ2v) is 6.25. The lowest BCUT2D eigenvalue weighted by Gasteiger charge is -2.14. The standard InChI is InChI=1S/C20H24N2O2/c1-12-9-14(3)19(15(4)10-12)22-18(23)11-21-20(24)17-8-6-7-13(2)16(17)5/h6-10H,11H2,1-5H3,(H,21,24)(H,22,23). The Hall–Kier alpha value is -2.62. The third kappa shape index (κ3) is 4.02. The quantitative estimate of drug-likeness (QED) is 0.903. The van der Waals surface area contributed by atoms with Gasteiger partial charge in [-0.15, -0.1) is 0 Å². The van der Waals surface area contributed by atoms with E-state index >= 15 is 0 Å². The van der Waals surface area contributed by atoms with Gasteiger partial charge in [0.15, 0.2) is 0 Å². The first-order valence-corrected chi connectivity index (χ1v) is 8.01. The molecule has 4 heteroatoms. The largest absolute Gasteiger partial charge is 0.343 e. The number of amides is 2. The van der Waals surface area contributed by atoms with E-state index in [2.05, 4.69) is 10.6 Å². The van der Waals surface area contributed by atoms with Crippen molar-refractivity contribution in [2.24, 2.45) is 0 Å². The molecule has 0 aromatic heterocycles. The molecule has 0 atom stereocenters. The van der Waals surface area contributed by atoms with E-state index in [-0.39, 0.29) is 18.4 Å². The van der Waals surface area contributed by atoms with Crippen LogP contribution in [-0.4, -0.2) is 18.4 Å². The monoisotopic (exact) mass is 324 g/mol. The summed E-state index contributed by atoms with van der Waals surface area (Å²) in [5, 5.41) is 5.57. The highest BCUT2D eigenvalue weighted by atomic mass is 16.2. The van der Waals surface area contributed by atoms with E-state index in [0.717, 1.165) is 33.5 Å². The summed E-state index contributed by atoms with van der Waals surface area (Å²) in [6.45, 7) is 9.76. The van der Waals surface area contributed by atoms with Gasteiger partial charge in [-0.05, 0) is 62.9 Å². The highest BCUT2D eigenvalue weighted by Crippen LogP contribution is 2.21. The van der Waals surface area contributed by atoms with Gasteiger partial charge >= 0.3 is 0 Å². The van der Waals surface area contributed by atoms with Crippen molar-refractivity contribution in [3.05, 3.63) is 63.7 Å². The van der Waals surface area contributed by atoms with Crippen LogP contribution in [0.3, 0.4) is 0 Å². The zero-order valence-corrected chi connectivity index (χ0v) is 14.9. The highest BCUT2D eigenvalue weighted by molar-refractivity contribution is 6.00. The van der Waals surface area contributed by atoms with E-state index in [4.69, 9.17) is 0 Å². The summed E-state index contributed by atoms with van der Waals surface area (Å²) in [6, 6.07) is 9.62. The Morgan fingerprint density at radius 1 is 0.917 bits per heavy atom. The number of carbonyl (C=O) groups is 2. The predicted molar refractivity (Wildman–Crippen MR) is 97.5 cm³/mol. The lowest BCUT2D eigenvalue weighted by molar-refractivity contribution is -0.115. The first-order chi connectivity index (χ1) is 11.3. The maximum absolute atomic E-state index is 12.3. The lowest BCUT2D eigenvalue weighted by Crippen LogP contribution is -2.33. The molecule has 2 amide bonds. The smallest absolute Gasteiger partial charge is 0.251 e. The lowest BCUT2D eigenvalue weighted by atomic mass is 10.0. The molecule has 2 aromatic rings. The van der Waals surface area contributed by atoms with Crippen LogP contribution < -0.4 is 10.6 Å². The zero-order chi connectivity index (χ0) is 17.9. The maximum atomic E-state index is 12.3. The number of hydrogen-bond donors (Lipinski definition) is 2. The summed E-state index contributed by atoms with van der Waals surface area (Å²) in [4.78, 5) is 24.4. The van der Waals surface area contributed by atoms with Crippen molar-refractivity contribution in [1.82, 2.24) is 5.32 Å². The SMILES string of the molecule is Cc1cc(C)c(NC(=O)CNC(=O)c2cccc(C)c2C)c(C)c1. The summed E-state index contributed by atoms with van der Waals surface area (Å²) < 4.78 is 0. The highest BCUT2D eigenvalue weighted by Gasteiger charge is 2.13. The molecule has 24 heavy (non-hydrogen) atoms. The second kappa shape index (κ2) is 7.30. The Labute approximate surface area is 143 Å². The van der Waals surface area contributed by atoms with Crippen LogP contribution in [0.1, 0.15) is 38.2 Å². The molecule has 0 heterocycles. The van der Waals surface area contributed by atoms with E-state index < -0.39 is 0 Å². The van der Waals surface area contributed by atoms with Gasteiger partial charge in [0, 0.05) is 11.3 Å². The van der Waals surface area contributed by atoms with Gasteiger partial charge in [0.2, 0.25) is 5.91 Å². The summed E-state index contributed by atoms with van der Waals surface area (Å²) in [6.07, 6.45) is 0. The fourth-order valence-corrected chi connectivity index (χ4v) is 2.81. The molecule has 2 rings (SSSR count). The predicted octanol–water partition coefficient (Wildman–Crippen LogP) is 3.60. The van der Waals surface area contributed by atoms with Gasteiger partial charge in [0.25, 0.3) is 5.91 Å². The number of aryl methyl sites for hydroxylation is 4. The van der Waals surface area contributed by atoms with Gasteiger partial charge < -0.3 is 10.6 Å². The number of carbonyl (C=O) groups excluding carboxylic acids is 2. The van der Waals surface area contributed by atoms with E-state index in [1.165, 1.54) is 0 Å². The molecule has 0 saturated carbocycles. The van der Waals surface area contributed by atoms with Crippen LogP contribution in [0.2, 0.25) is 0 Å². The molecule has 126 valence electrons. The van der Waals surface area contributed by atoms with Gasteiger partial charge in [-0.3, -0.25) is 9.59 Å². The Kier molecular flexibility index (Phi) is 5.39. The van der Waals surface area contributed by atoms with E-state index in [0.29, 0.717) is 5.56 Å². The minimum Gasteiger partial charge on any atom is -0.343 e. The molecular formula is C20H24N2O2. The van der Waals surface area contributed by atoms with Crippen LogP contribution in [0, 0.1) is 34.6 Å². The van der Waals surface area contributed by atoms with Crippen molar-refractivity contribution in [3.63, 3.8) is 0 Å². The molecular weight excluding hydrogens is 300 g/mol. The normalized spacial score (nSPS) is 10.4. The van der Waals surface area contributed by atoms with Gasteiger partial charge in [0.1, 0.15) is 0 Å². The van der Waals surface area contributed by atoms with Crippen molar-refractivity contribution < 1.29 is 9.59 Å². The molecule has 0 spiro atoms. The first kappa shape index (κ1) is 17.7. The average molecular weight is 324 g/mol. The third-order valence-electron chi connectivity index (χ3n) is 4.20. The minimum atomic E-state index is -0.233. The van der Waals surface area contributed by atoms with Crippen molar-refractivity contribution in [2.75, 3.05) is 11.9 Å². The van der Waals surface area contributed by atoms with Crippen molar-refractivity contribution in [2.45, 2.75) is 34.6 Å². The average Bonchev–Trinajstić information content (AvgIpc) is 2.51. The molecule has 4 nitrogen and oxygen atoms in total. The van der Waals surface area contributed by atoms with Crippen LogP contribution in [0.15, 0.2) is 30.3 Å². The molecule has 2 aromatic carbocycles. The van der Waals surface area contributed by atoms with Crippen LogP contribution in [0.5, 0.6) is 0 Å². The van der Waals surface area contributed by atoms with Gasteiger partial charge in [0.05, 0.1) is 6.54 Å². The van der Waals surface area contributed by atoms with Crippen LogP contribution >= 0.6 is 0 Å². The summed E-state index contributed by atoms with van der Waals surface area (Å²) >= 11 is 0. The molecule has 0 unspecified atom stereocenters. The third-order valence-corrected chi connectivity index (χ3v) is 4.20. The molecule has 0 aliphatic heterocycles. The number of benzene rings is 2. The number of hydrogen-bond acceptors (Lipinski definition) is 2. The number of nitrogens with one attached hydrogen (secondary N) is 2. The Morgan fingerprint density at radius 2 is 1.54 bits per heavy atom. The Bertz CT molecular complexity index is 771. The first-order valence-electron chi connectivity index (χ1n) is 8.01. The molecule has 2 N–H and O–H groups in total. The van der Waals surface area contributed by atoms with Crippen LogP contribution in [0.4, 0.5) is 5.69 Å². The molecule has 0 bridgehead atoms. The molecule has 0 radical (unpaired) electrons. The fourth-order valence-electron chi connectivity index (χ4n) is 2.81. The van der Waals surface area contributed by atoms with Crippen molar-refractivity contribution in [1.29, 1.82) is 0 Å². The van der Waals surface area contributed by atoms with Gasteiger partial charge in [-0.2, -0.15) is 0 Å².